The molecule has 164 valence electrons. The number of aromatic amines is 1. The highest BCUT2D eigenvalue weighted by molar-refractivity contribution is 7.92. The summed E-state index contributed by atoms with van der Waals surface area (Å²) in [6.07, 6.45) is 1.85. The van der Waals surface area contributed by atoms with Crippen molar-refractivity contribution in [1.82, 2.24) is 9.88 Å². The molecule has 2 N–H and O–H groups in total. The summed E-state index contributed by atoms with van der Waals surface area (Å²) in [5, 5.41) is 0. The number of amides is 1. The highest BCUT2D eigenvalue weighted by Gasteiger charge is 2.32. The van der Waals surface area contributed by atoms with Crippen molar-refractivity contribution in [3.63, 3.8) is 0 Å². The van der Waals surface area contributed by atoms with E-state index in [9.17, 15) is 13.2 Å². The fourth-order valence-corrected chi connectivity index (χ4v) is 5.27. The topological polar surface area (TPSA) is 101 Å². The number of carbonyl (C=O) groups excluding carboxylic acids is 1. The zero-order valence-corrected chi connectivity index (χ0v) is 18.7. The Morgan fingerprint density at radius 2 is 1.77 bits per heavy atom. The van der Waals surface area contributed by atoms with Gasteiger partial charge in [-0.25, -0.2) is 8.42 Å². The highest BCUT2D eigenvalue weighted by atomic mass is 32.2. The van der Waals surface area contributed by atoms with Crippen molar-refractivity contribution in [3.05, 3.63) is 35.2 Å². The third kappa shape index (κ3) is 4.40. The van der Waals surface area contributed by atoms with Crippen LogP contribution in [0, 0.1) is 13.8 Å². The molecule has 0 saturated carbocycles. The molecule has 0 bridgehead atoms. The molecule has 9 heteroatoms. The number of rotatable bonds is 8. The lowest BCUT2D eigenvalue weighted by Crippen LogP contribution is -2.30. The van der Waals surface area contributed by atoms with Crippen LogP contribution in [-0.4, -0.2) is 50.5 Å². The molecule has 2 heterocycles. The van der Waals surface area contributed by atoms with Gasteiger partial charge in [-0.1, -0.05) is 0 Å². The maximum Gasteiger partial charge on any atom is 0.264 e. The molecule has 1 saturated heterocycles. The van der Waals surface area contributed by atoms with Crippen molar-refractivity contribution >= 4 is 21.6 Å². The summed E-state index contributed by atoms with van der Waals surface area (Å²) in [7, 11) is -4.07. The zero-order chi connectivity index (χ0) is 21.9. The maximum atomic E-state index is 13.4. The van der Waals surface area contributed by atoms with E-state index in [2.05, 4.69) is 9.71 Å². The molecule has 1 aromatic carbocycles. The molecular weight excluding hydrogens is 406 g/mol. The lowest BCUT2D eigenvalue weighted by molar-refractivity contribution is 0.0788. The van der Waals surface area contributed by atoms with Gasteiger partial charge in [0.2, 0.25) is 0 Å². The van der Waals surface area contributed by atoms with E-state index in [0.717, 1.165) is 12.8 Å². The third-order valence-electron chi connectivity index (χ3n) is 5.00. The molecule has 0 unspecified atom stereocenters. The summed E-state index contributed by atoms with van der Waals surface area (Å²) in [5.74, 6) is 0.652. The molecule has 1 fully saturated rings. The van der Waals surface area contributed by atoms with E-state index < -0.39 is 10.0 Å². The summed E-state index contributed by atoms with van der Waals surface area (Å²) in [4.78, 5) is 17.8. The van der Waals surface area contributed by atoms with Gasteiger partial charge in [0.25, 0.3) is 15.9 Å². The minimum absolute atomic E-state index is 0.0267. The van der Waals surface area contributed by atoms with Crippen LogP contribution in [0.1, 0.15) is 48.4 Å². The van der Waals surface area contributed by atoms with Gasteiger partial charge in [-0.3, -0.25) is 9.52 Å². The third-order valence-corrected chi connectivity index (χ3v) is 6.54. The number of nitrogens with one attached hydrogen (secondary N) is 2. The number of anilines is 1. The van der Waals surface area contributed by atoms with Gasteiger partial charge in [-0.2, -0.15) is 0 Å². The van der Waals surface area contributed by atoms with Crippen molar-refractivity contribution in [2.75, 3.05) is 31.0 Å². The largest absolute Gasteiger partial charge is 0.494 e. The summed E-state index contributed by atoms with van der Waals surface area (Å²) >= 11 is 0. The second-order valence-corrected chi connectivity index (χ2v) is 8.83. The van der Waals surface area contributed by atoms with E-state index in [1.165, 1.54) is 0 Å². The average Bonchev–Trinajstić information content (AvgIpc) is 3.31. The van der Waals surface area contributed by atoms with Crippen molar-refractivity contribution in [2.45, 2.75) is 45.4 Å². The molecule has 1 aliphatic heterocycles. The number of nitrogens with zero attached hydrogens (tertiary/aromatic N) is 1. The molecule has 1 aliphatic rings. The Morgan fingerprint density at radius 1 is 1.10 bits per heavy atom. The number of sulfonamides is 1. The van der Waals surface area contributed by atoms with Crippen molar-refractivity contribution in [3.8, 4) is 11.5 Å². The summed E-state index contributed by atoms with van der Waals surface area (Å²) in [6, 6.07) is 4.97. The van der Waals surface area contributed by atoms with Crippen LogP contribution in [0.2, 0.25) is 0 Å². The van der Waals surface area contributed by atoms with Crippen molar-refractivity contribution in [2.24, 2.45) is 0 Å². The Balaban J connectivity index is 2.02. The molecule has 0 aliphatic carbocycles. The molecule has 2 aromatic rings. The minimum Gasteiger partial charge on any atom is -0.494 e. The lowest BCUT2D eigenvalue weighted by atomic mass is 10.2. The summed E-state index contributed by atoms with van der Waals surface area (Å²) in [6.45, 7) is 9.15. The first kappa shape index (κ1) is 22.0. The van der Waals surface area contributed by atoms with E-state index >= 15 is 0 Å². The predicted octanol–water partition coefficient (Wildman–Crippen LogP) is 3.47. The van der Waals surface area contributed by atoms with Crippen LogP contribution in [-0.2, 0) is 10.0 Å². The number of ether oxygens (including phenoxy) is 2. The Morgan fingerprint density at radius 3 is 2.40 bits per heavy atom. The SMILES string of the molecule is CCOc1ccc(OCC)c(NS(=O)(=O)c2c(C)[nH]c(C)c2C(=O)N2CCCC2)c1. The quantitative estimate of drug-likeness (QED) is 0.661. The monoisotopic (exact) mass is 435 g/mol. The van der Waals surface area contributed by atoms with Gasteiger partial charge in [-0.05, 0) is 52.7 Å². The Hall–Kier alpha value is -2.68. The second-order valence-electron chi connectivity index (χ2n) is 7.21. The summed E-state index contributed by atoms with van der Waals surface area (Å²) < 4.78 is 40.5. The number of likely N-dealkylation sites (tertiary alicyclic amines) is 1. The number of aryl methyl sites for hydroxylation is 2. The Bertz CT molecular complexity index is 1020. The molecule has 0 atom stereocenters. The van der Waals surface area contributed by atoms with Crippen molar-refractivity contribution in [1.29, 1.82) is 0 Å². The lowest BCUT2D eigenvalue weighted by Gasteiger charge is -2.18. The van der Waals surface area contributed by atoms with Gasteiger partial charge >= 0.3 is 0 Å². The van der Waals surface area contributed by atoms with Crippen molar-refractivity contribution < 1.29 is 22.7 Å². The standard InChI is InChI=1S/C21H29N3O5S/c1-5-28-16-9-10-18(29-6-2)17(13-16)23-30(26,27)20-15(4)22-14(3)19(20)21(25)24-11-7-8-12-24/h9-10,13,22-23H,5-8,11-12H2,1-4H3. The Kier molecular flexibility index (Phi) is 6.60. The molecule has 0 spiro atoms. The van der Waals surface area contributed by atoms with Crippen LogP contribution in [0.4, 0.5) is 5.69 Å². The zero-order valence-electron chi connectivity index (χ0n) is 17.9. The van der Waals surface area contributed by atoms with Gasteiger partial charge in [-0.15, -0.1) is 0 Å². The van der Waals surface area contributed by atoms with Gasteiger partial charge in [0.15, 0.2) is 0 Å². The number of hydrogen-bond donors (Lipinski definition) is 2. The molecular formula is C21H29N3O5S. The number of carbonyl (C=O) groups is 1. The number of H-pyrrole nitrogens is 1. The van der Waals surface area contributed by atoms with Crippen LogP contribution in [0.25, 0.3) is 0 Å². The van der Waals surface area contributed by atoms with E-state index in [4.69, 9.17) is 9.47 Å². The van der Waals surface area contributed by atoms with E-state index in [1.807, 2.05) is 13.8 Å². The summed E-state index contributed by atoms with van der Waals surface area (Å²) in [5.41, 5.74) is 1.42. The molecule has 0 radical (unpaired) electrons. The van der Waals surface area contributed by atoms with Crippen LogP contribution in [0.5, 0.6) is 11.5 Å². The van der Waals surface area contributed by atoms with Gasteiger partial charge in [0.05, 0.1) is 24.5 Å². The van der Waals surface area contributed by atoms with E-state index in [0.29, 0.717) is 49.2 Å². The predicted molar refractivity (Wildman–Crippen MR) is 115 cm³/mol. The minimum atomic E-state index is -4.07. The molecule has 8 nitrogen and oxygen atoms in total. The molecule has 3 rings (SSSR count). The van der Waals surface area contributed by atoms with E-state index in [-0.39, 0.29) is 22.1 Å². The smallest absolute Gasteiger partial charge is 0.264 e. The van der Waals surface area contributed by atoms with Gasteiger partial charge in [0, 0.05) is 30.5 Å². The van der Waals surface area contributed by atoms with Crippen LogP contribution < -0.4 is 14.2 Å². The van der Waals surface area contributed by atoms with Crippen LogP contribution in [0.3, 0.4) is 0 Å². The van der Waals surface area contributed by atoms with Crippen LogP contribution >= 0.6 is 0 Å². The second kappa shape index (κ2) is 8.99. The normalized spacial score (nSPS) is 14.1. The first-order chi connectivity index (χ1) is 14.3. The fraction of sp³-hybridized carbons (Fsp3) is 0.476. The molecule has 1 amide bonds. The number of aromatic nitrogens is 1. The first-order valence-corrected chi connectivity index (χ1v) is 11.7. The fourth-order valence-electron chi connectivity index (χ4n) is 3.75. The average molecular weight is 436 g/mol. The van der Waals surface area contributed by atoms with Gasteiger partial charge in [0.1, 0.15) is 16.4 Å². The van der Waals surface area contributed by atoms with E-state index in [1.54, 1.807) is 36.9 Å². The molecule has 30 heavy (non-hydrogen) atoms. The van der Waals surface area contributed by atoms with Crippen LogP contribution in [0.15, 0.2) is 23.1 Å². The van der Waals surface area contributed by atoms with Gasteiger partial charge < -0.3 is 19.4 Å². The maximum absolute atomic E-state index is 13.4. The number of benzene rings is 1. The molecule has 1 aromatic heterocycles. The Labute approximate surface area is 177 Å². The highest BCUT2D eigenvalue weighted by Crippen LogP contribution is 2.34. The first-order valence-electron chi connectivity index (χ1n) is 10.2. The number of hydrogen-bond acceptors (Lipinski definition) is 5.